The van der Waals surface area contributed by atoms with E-state index >= 15 is 0 Å². The maximum absolute atomic E-state index is 12.1. The lowest BCUT2D eigenvalue weighted by Crippen LogP contribution is -2.42. The molecule has 0 aliphatic carbocycles. The zero-order valence-electron chi connectivity index (χ0n) is 6.98. The van der Waals surface area contributed by atoms with Crippen LogP contribution in [0, 0.1) is 5.41 Å². The number of alkyl halides is 1. The minimum Gasteiger partial charge on any atom is -0.481 e. The quantitative estimate of drug-likeness (QED) is 0.667. The number of nitrogens with one attached hydrogen (secondary N) is 1. The lowest BCUT2D eigenvalue weighted by atomic mass is 9.76. The highest BCUT2D eigenvalue weighted by molar-refractivity contribution is 5.74. The molecule has 3 nitrogen and oxygen atoms in total. The zero-order chi connectivity index (χ0) is 9.03. The molecule has 0 saturated carbocycles. The Hall–Kier alpha value is -0.640. The van der Waals surface area contributed by atoms with Crippen LogP contribution in [0.5, 0.6) is 0 Å². The van der Waals surface area contributed by atoms with E-state index in [1.807, 2.05) is 0 Å². The zero-order valence-corrected chi connectivity index (χ0v) is 6.98. The maximum atomic E-state index is 12.1. The van der Waals surface area contributed by atoms with Gasteiger partial charge in [0.2, 0.25) is 0 Å². The summed E-state index contributed by atoms with van der Waals surface area (Å²) < 4.78 is 12.1. The van der Waals surface area contributed by atoms with Crippen molar-refractivity contribution in [2.45, 2.75) is 19.3 Å². The maximum Gasteiger partial charge on any atom is 0.309 e. The van der Waals surface area contributed by atoms with Gasteiger partial charge >= 0.3 is 5.97 Å². The van der Waals surface area contributed by atoms with Crippen molar-refractivity contribution in [1.82, 2.24) is 5.32 Å². The molecule has 0 aromatic rings. The molecule has 70 valence electrons. The van der Waals surface area contributed by atoms with Gasteiger partial charge < -0.3 is 10.4 Å². The number of rotatable bonds is 3. The Morgan fingerprint density at radius 1 is 1.50 bits per heavy atom. The molecule has 0 bridgehead atoms. The van der Waals surface area contributed by atoms with Crippen LogP contribution in [0.25, 0.3) is 0 Å². The van der Waals surface area contributed by atoms with Crippen LogP contribution in [-0.2, 0) is 4.79 Å². The Labute approximate surface area is 71.0 Å². The molecule has 0 unspecified atom stereocenters. The minimum atomic E-state index is -0.846. The van der Waals surface area contributed by atoms with Crippen LogP contribution >= 0.6 is 0 Å². The SMILES string of the molecule is O=C(O)C1(CCF)CCNCC1. The van der Waals surface area contributed by atoms with Crippen molar-refractivity contribution in [2.24, 2.45) is 5.41 Å². The van der Waals surface area contributed by atoms with E-state index in [0.717, 1.165) is 0 Å². The van der Waals surface area contributed by atoms with Crippen LogP contribution in [0.3, 0.4) is 0 Å². The van der Waals surface area contributed by atoms with Gasteiger partial charge in [-0.3, -0.25) is 9.18 Å². The van der Waals surface area contributed by atoms with Crippen LogP contribution in [0.1, 0.15) is 19.3 Å². The van der Waals surface area contributed by atoms with Crippen molar-refractivity contribution < 1.29 is 14.3 Å². The topological polar surface area (TPSA) is 49.3 Å². The summed E-state index contributed by atoms with van der Waals surface area (Å²) in [6.07, 6.45) is 1.25. The molecule has 0 aromatic heterocycles. The number of hydrogen-bond acceptors (Lipinski definition) is 2. The van der Waals surface area contributed by atoms with Gasteiger partial charge in [-0.2, -0.15) is 0 Å². The molecule has 0 amide bonds. The molecule has 0 radical (unpaired) electrons. The molecule has 1 heterocycles. The first-order valence-electron chi connectivity index (χ1n) is 4.21. The smallest absolute Gasteiger partial charge is 0.309 e. The first-order valence-corrected chi connectivity index (χ1v) is 4.21. The molecule has 0 atom stereocenters. The van der Waals surface area contributed by atoms with E-state index in [2.05, 4.69) is 5.32 Å². The van der Waals surface area contributed by atoms with Gasteiger partial charge in [0.15, 0.2) is 0 Å². The fourth-order valence-electron chi connectivity index (χ4n) is 1.66. The summed E-state index contributed by atoms with van der Waals surface area (Å²) in [7, 11) is 0. The van der Waals surface area contributed by atoms with Crippen LogP contribution in [0.4, 0.5) is 4.39 Å². The van der Waals surface area contributed by atoms with E-state index in [-0.39, 0.29) is 6.42 Å². The molecule has 1 aliphatic heterocycles. The number of aliphatic carboxylic acids is 1. The Kier molecular flexibility index (Phi) is 3.03. The molecular formula is C8H14FNO2. The number of piperidine rings is 1. The molecule has 1 saturated heterocycles. The number of hydrogen-bond donors (Lipinski definition) is 2. The molecule has 1 fully saturated rings. The second-order valence-corrected chi connectivity index (χ2v) is 3.27. The Balaban J connectivity index is 2.63. The molecule has 1 aliphatic rings. The van der Waals surface area contributed by atoms with Gasteiger partial charge in [0.1, 0.15) is 0 Å². The van der Waals surface area contributed by atoms with E-state index < -0.39 is 18.1 Å². The van der Waals surface area contributed by atoms with Gasteiger partial charge in [0.05, 0.1) is 12.1 Å². The van der Waals surface area contributed by atoms with Gasteiger partial charge in [-0.05, 0) is 32.4 Å². The van der Waals surface area contributed by atoms with Crippen LogP contribution in [-0.4, -0.2) is 30.8 Å². The van der Waals surface area contributed by atoms with Crippen LogP contribution in [0.15, 0.2) is 0 Å². The summed E-state index contributed by atoms with van der Waals surface area (Å²) in [5.41, 5.74) is -0.792. The fraction of sp³-hybridized carbons (Fsp3) is 0.875. The summed E-state index contributed by atoms with van der Waals surface area (Å²) in [6, 6.07) is 0. The molecule has 12 heavy (non-hydrogen) atoms. The van der Waals surface area contributed by atoms with E-state index in [4.69, 9.17) is 5.11 Å². The number of halogens is 1. The van der Waals surface area contributed by atoms with Crippen molar-refractivity contribution in [3.63, 3.8) is 0 Å². The monoisotopic (exact) mass is 175 g/mol. The average Bonchev–Trinajstić information content (AvgIpc) is 2.06. The van der Waals surface area contributed by atoms with E-state index in [1.165, 1.54) is 0 Å². The van der Waals surface area contributed by atoms with E-state index in [0.29, 0.717) is 25.9 Å². The third kappa shape index (κ3) is 1.75. The molecule has 4 heteroatoms. The predicted molar refractivity (Wildman–Crippen MR) is 42.8 cm³/mol. The third-order valence-electron chi connectivity index (χ3n) is 2.59. The first kappa shape index (κ1) is 9.45. The van der Waals surface area contributed by atoms with Crippen LogP contribution < -0.4 is 5.32 Å². The van der Waals surface area contributed by atoms with Crippen molar-refractivity contribution in [2.75, 3.05) is 19.8 Å². The summed E-state index contributed by atoms with van der Waals surface area (Å²) in [5, 5.41) is 12.0. The average molecular weight is 175 g/mol. The third-order valence-corrected chi connectivity index (χ3v) is 2.59. The Bertz CT molecular complexity index is 161. The molecular weight excluding hydrogens is 161 g/mol. The summed E-state index contributed by atoms with van der Waals surface area (Å²) >= 11 is 0. The lowest BCUT2D eigenvalue weighted by molar-refractivity contribution is -0.151. The lowest BCUT2D eigenvalue weighted by Gasteiger charge is -2.32. The van der Waals surface area contributed by atoms with Crippen molar-refractivity contribution in [1.29, 1.82) is 0 Å². The van der Waals surface area contributed by atoms with Gasteiger partial charge in [-0.1, -0.05) is 0 Å². The first-order chi connectivity index (χ1) is 5.71. The van der Waals surface area contributed by atoms with Crippen molar-refractivity contribution in [3.05, 3.63) is 0 Å². The van der Waals surface area contributed by atoms with Crippen molar-refractivity contribution in [3.8, 4) is 0 Å². The molecule has 0 spiro atoms. The highest BCUT2D eigenvalue weighted by Gasteiger charge is 2.38. The van der Waals surface area contributed by atoms with Gasteiger partial charge in [0.25, 0.3) is 0 Å². The summed E-state index contributed by atoms with van der Waals surface area (Å²) in [5.74, 6) is -0.846. The Morgan fingerprint density at radius 3 is 2.50 bits per heavy atom. The molecule has 1 rings (SSSR count). The molecule has 2 N–H and O–H groups in total. The summed E-state index contributed by atoms with van der Waals surface area (Å²) in [6.45, 7) is 0.838. The summed E-state index contributed by atoms with van der Waals surface area (Å²) in [4.78, 5) is 10.9. The normalized spacial score (nSPS) is 22.1. The Morgan fingerprint density at radius 2 is 2.08 bits per heavy atom. The van der Waals surface area contributed by atoms with E-state index in [1.54, 1.807) is 0 Å². The second kappa shape index (κ2) is 3.85. The second-order valence-electron chi connectivity index (χ2n) is 3.27. The number of carboxylic acid groups (broad SMARTS) is 1. The predicted octanol–water partition coefficient (Wildman–Crippen LogP) is 0.800. The minimum absolute atomic E-state index is 0.157. The number of carbonyl (C=O) groups is 1. The van der Waals surface area contributed by atoms with Crippen LogP contribution in [0.2, 0.25) is 0 Å². The highest BCUT2D eigenvalue weighted by atomic mass is 19.1. The largest absolute Gasteiger partial charge is 0.481 e. The van der Waals surface area contributed by atoms with Gasteiger partial charge in [-0.15, -0.1) is 0 Å². The fourth-order valence-corrected chi connectivity index (χ4v) is 1.66. The van der Waals surface area contributed by atoms with Gasteiger partial charge in [0, 0.05) is 0 Å². The number of carboxylic acids is 1. The highest BCUT2D eigenvalue weighted by Crippen LogP contribution is 2.32. The van der Waals surface area contributed by atoms with E-state index in [9.17, 15) is 9.18 Å². The standard InChI is InChI=1S/C8H14FNO2/c9-4-1-8(7(11)12)2-5-10-6-3-8/h10H,1-6H2,(H,11,12). The molecule has 0 aromatic carbocycles. The van der Waals surface area contributed by atoms with Gasteiger partial charge in [-0.25, -0.2) is 0 Å². The van der Waals surface area contributed by atoms with Crippen molar-refractivity contribution >= 4 is 5.97 Å².